The zero-order valence-corrected chi connectivity index (χ0v) is 9.96. The fourth-order valence-corrected chi connectivity index (χ4v) is 2.90. The van der Waals surface area contributed by atoms with Gasteiger partial charge in [-0.25, -0.2) is 4.98 Å². The maximum absolute atomic E-state index is 12.8. The standard InChI is InChI=1S/C8H6FN3O3S2/c9-17(14,15)6-1-7(13)12(4-6)8-11-3-5(2-10)16-8/h3,6H,1,4H2. The molecule has 1 saturated heterocycles. The lowest BCUT2D eigenvalue weighted by molar-refractivity contribution is -0.117. The molecular formula is C8H6FN3O3S2. The summed E-state index contributed by atoms with van der Waals surface area (Å²) in [5, 5.41) is 7.48. The van der Waals surface area contributed by atoms with E-state index in [1.54, 1.807) is 0 Å². The minimum atomic E-state index is -4.73. The molecule has 0 N–H and O–H groups in total. The van der Waals surface area contributed by atoms with E-state index < -0.39 is 21.4 Å². The Labute approximate surface area is 101 Å². The first kappa shape index (κ1) is 11.9. The summed E-state index contributed by atoms with van der Waals surface area (Å²) in [6, 6.07) is 1.85. The summed E-state index contributed by atoms with van der Waals surface area (Å²) >= 11 is 0.962. The van der Waals surface area contributed by atoms with E-state index in [9.17, 15) is 17.1 Å². The Morgan fingerprint density at radius 2 is 2.35 bits per heavy atom. The van der Waals surface area contributed by atoms with Crippen molar-refractivity contribution < 1.29 is 17.1 Å². The van der Waals surface area contributed by atoms with Crippen molar-refractivity contribution in [2.45, 2.75) is 11.7 Å². The van der Waals surface area contributed by atoms with Crippen molar-refractivity contribution in [1.82, 2.24) is 4.98 Å². The lowest BCUT2D eigenvalue weighted by Crippen LogP contribution is -2.26. The van der Waals surface area contributed by atoms with E-state index in [4.69, 9.17) is 5.26 Å². The van der Waals surface area contributed by atoms with Gasteiger partial charge in [-0.15, -0.1) is 3.89 Å². The van der Waals surface area contributed by atoms with Gasteiger partial charge in [0.15, 0.2) is 5.13 Å². The average Bonchev–Trinajstić information content (AvgIpc) is 2.82. The Morgan fingerprint density at radius 3 is 2.82 bits per heavy atom. The number of nitrogens with zero attached hydrogens (tertiary/aromatic N) is 3. The number of halogens is 1. The zero-order chi connectivity index (χ0) is 12.6. The SMILES string of the molecule is N#Cc1cnc(N2CC(S(=O)(=O)F)CC2=O)s1. The third-order valence-electron chi connectivity index (χ3n) is 2.32. The van der Waals surface area contributed by atoms with E-state index >= 15 is 0 Å². The van der Waals surface area contributed by atoms with Crippen molar-refractivity contribution in [3.63, 3.8) is 0 Å². The number of anilines is 1. The van der Waals surface area contributed by atoms with Crippen LogP contribution < -0.4 is 4.90 Å². The predicted molar refractivity (Wildman–Crippen MR) is 57.6 cm³/mol. The highest BCUT2D eigenvalue weighted by Gasteiger charge is 2.40. The van der Waals surface area contributed by atoms with Crippen LogP contribution in [0.3, 0.4) is 0 Å². The Bertz CT molecular complexity index is 604. The molecule has 1 amide bonds. The van der Waals surface area contributed by atoms with Gasteiger partial charge in [0.2, 0.25) is 5.91 Å². The molecule has 2 heterocycles. The quantitative estimate of drug-likeness (QED) is 0.729. The summed E-state index contributed by atoms with van der Waals surface area (Å²) < 4.78 is 34.2. The smallest absolute Gasteiger partial charge is 0.287 e. The molecule has 0 radical (unpaired) electrons. The molecule has 1 aliphatic heterocycles. The molecule has 0 spiro atoms. The van der Waals surface area contributed by atoms with Crippen LogP contribution in [-0.4, -0.2) is 31.1 Å². The summed E-state index contributed by atoms with van der Waals surface area (Å²) in [6.45, 7) is -0.254. The number of carbonyl (C=O) groups is 1. The highest BCUT2D eigenvalue weighted by Crippen LogP contribution is 2.28. The molecule has 1 fully saturated rings. The molecule has 0 aliphatic carbocycles. The van der Waals surface area contributed by atoms with E-state index in [-0.39, 0.29) is 18.1 Å². The molecule has 0 saturated carbocycles. The number of thiazole rings is 1. The first-order valence-electron chi connectivity index (χ1n) is 4.51. The molecule has 1 aromatic rings. The topological polar surface area (TPSA) is 91.1 Å². The summed E-state index contributed by atoms with van der Waals surface area (Å²) in [6.07, 6.45) is 0.894. The Morgan fingerprint density at radius 1 is 1.65 bits per heavy atom. The molecule has 2 rings (SSSR count). The molecule has 6 nitrogen and oxygen atoms in total. The minimum absolute atomic E-state index is 0.220. The molecule has 1 atom stereocenters. The zero-order valence-electron chi connectivity index (χ0n) is 8.33. The third kappa shape index (κ3) is 2.27. The molecule has 1 unspecified atom stereocenters. The molecular weight excluding hydrogens is 269 g/mol. The Kier molecular flexibility index (Phi) is 2.84. The van der Waals surface area contributed by atoms with E-state index in [0.717, 1.165) is 16.2 Å². The van der Waals surface area contributed by atoms with Gasteiger partial charge in [0.1, 0.15) is 16.2 Å². The monoisotopic (exact) mass is 275 g/mol. The van der Waals surface area contributed by atoms with Gasteiger partial charge in [-0.1, -0.05) is 11.3 Å². The summed E-state index contributed by atoms with van der Waals surface area (Å²) in [7, 11) is -4.73. The lowest BCUT2D eigenvalue weighted by atomic mass is 10.4. The first-order valence-corrected chi connectivity index (χ1v) is 6.78. The molecule has 90 valence electrons. The molecule has 1 aromatic heterocycles. The molecule has 0 bridgehead atoms. The van der Waals surface area contributed by atoms with Crippen LogP contribution in [0.4, 0.5) is 9.02 Å². The number of amides is 1. The van der Waals surface area contributed by atoms with Crippen LogP contribution in [0.15, 0.2) is 6.20 Å². The molecule has 1 aliphatic rings. The molecule has 9 heteroatoms. The molecule has 0 aromatic carbocycles. The van der Waals surface area contributed by atoms with Crippen molar-refractivity contribution >= 4 is 32.6 Å². The van der Waals surface area contributed by atoms with Gasteiger partial charge in [-0.05, 0) is 0 Å². The third-order valence-corrected chi connectivity index (χ3v) is 4.36. The number of aromatic nitrogens is 1. The van der Waals surface area contributed by atoms with Gasteiger partial charge in [-0.3, -0.25) is 9.69 Å². The fraction of sp³-hybridized carbons (Fsp3) is 0.375. The summed E-state index contributed by atoms with van der Waals surface area (Å²) in [4.78, 5) is 16.7. The maximum atomic E-state index is 12.8. The highest BCUT2D eigenvalue weighted by molar-refractivity contribution is 7.87. The van der Waals surface area contributed by atoms with Gasteiger partial charge < -0.3 is 0 Å². The lowest BCUT2D eigenvalue weighted by Gasteiger charge is -2.10. The van der Waals surface area contributed by atoms with Crippen molar-refractivity contribution in [2.75, 3.05) is 11.4 Å². The van der Waals surface area contributed by atoms with Crippen LogP contribution >= 0.6 is 11.3 Å². The highest BCUT2D eigenvalue weighted by atomic mass is 32.3. The molecule has 17 heavy (non-hydrogen) atoms. The van der Waals surface area contributed by atoms with E-state index in [1.807, 2.05) is 6.07 Å². The minimum Gasteiger partial charge on any atom is -0.287 e. The van der Waals surface area contributed by atoms with E-state index in [2.05, 4.69) is 4.98 Å². The number of hydrogen-bond acceptors (Lipinski definition) is 6. The van der Waals surface area contributed by atoms with Crippen LogP contribution in [-0.2, 0) is 15.0 Å². The fourth-order valence-electron chi connectivity index (χ4n) is 1.49. The predicted octanol–water partition coefficient (Wildman–Crippen LogP) is 0.419. The Hall–Kier alpha value is -1.53. The maximum Gasteiger partial charge on any atom is 0.307 e. The van der Waals surface area contributed by atoms with Crippen LogP contribution in [0, 0.1) is 11.3 Å². The van der Waals surface area contributed by atoms with E-state index in [1.165, 1.54) is 6.20 Å². The van der Waals surface area contributed by atoms with E-state index in [0.29, 0.717) is 4.88 Å². The second-order valence-electron chi connectivity index (χ2n) is 3.42. The van der Waals surface area contributed by atoms with Crippen LogP contribution in [0.5, 0.6) is 0 Å². The first-order chi connectivity index (χ1) is 7.91. The van der Waals surface area contributed by atoms with Crippen LogP contribution in [0.2, 0.25) is 0 Å². The van der Waals surface area contributed by atoms with Gasteiger partial charge >= 0.3 is 10.2 Å². The van der Waals surface area contributed by atoms with Gasteiger partial charge in [0, 0.05) is 13.0 Å². The second-order valence-corrected chi connectivity index (χ2v) is 6.05. The van der Waals surface area contributed by atoms with Crippen LogP contribution in [0.25, 0.3) is 0 Å². The normalized spacial score (nSPS) is 20.6. The van der Waals surface area contributed by atoms with Gasteiger partial charge in [-0.2, -0.15) is 13.7 Å². The van der Waals surface area contributed by atoms with Crippen molar-refractivity contribution in [3.8, 4) is 6.07 Å². The summed E-state index contributed by atoms with van der Waals surface area (Å²) in [5.74, 6) is -0.505. The number of hydrogen-bond donors (Lipinski definition) is 0. The number of nitriles is 1. The van der Waals surface area contributed by atoms with Crippen LogP contribution in [0.1, 0.15) is 11.3 Å². The van der Waals surface area contributed by atoms with Gasteiger partial charge in [0.25, 0.3) is 0 Å². The second kappa shape index (κ2) is 4.05. The number of carbonyl (C=O) groups excluding carboxylic acids is 1. The summed E-state index contributed by atoms with van der Waals surface area (Å²) in [5.41, 5.74) is 0. The van der Waals surface area contributed by atoms with Crippen molar-refractivity contribution in [2.24, 2.45) is 0 Å². The average molecular weight is 275 g/mol. The van der Waals surface area contributed by atoms with Gasteiger partial charge in [0.05, 0.1) is 6.20 Å². The Balaban J connectivity index is 2.25. The van der Waals surface area contributed by atoms with Crippen molar-refractivity contribution in [1.29, 1.82) is 5.26 Å². The number of rotatable bonds is 2. The largest absolute Gasteiger partial charge is 0.307 e. The van der Waals surface area contributed by atoms with Crippen molar-refractivity contribution in [3.05, 3.63) is 11.1 Å².